The van der Waals surface area contributed by atoms with Gasteiger partial charge in [-0.25, -0.2) is 0 Å². The highest BCUT2D eigenvalue weighted by Gasteiger charge is 2.23. The molecule has 2 atom stereocenters. The van der Waals surface area contributed by atoms with Gasteiger partial charge in [0.05, 0.1) is 22.2 Å². The number of carbonyl (C=O) groups is 1. The first-order chi connectivity index (χ1) is 10.1. The van der Waals surface area contributed by atoms with Gasteiger partial charge < -0.3 is 15.2 Å². The fourth-order valence-corrected chi connectivity index (χ4v) is 2.71. The second-order valence-electron chi connectivity index (χ2n) is 5.24. The van der Waals surface area contributed by atoms with Gasteiger partial charge in [0.2, 0.25) is 0 Å². The lowest BCUT2D eigenvalue weighted by Crippen LogP contribution is -2.44. The molecule has 0 aromatic heterocycles. The van der Waals surface area contributed by atoms with E-state index in [1.165, 1.54) is 0 Å². The van der Waals surface area contributed by atoms with Crippen molar-refractivity contribution in [1.29, 1.82) is 0 Å². The van der Waals surface area contributed by atoms with Crippen LogP contribution in [0.4, 0.5) is 0 Å². The summed E-state index contributed by atoms with van der Waals surface area (Å²) in [4.78, 5) is 11.9. The van der Waals surface area contributed by atoms with Crippen LogP contribution in [-0.4, -0.2) is 29.8 Å². The number of amides is 1. The van der Waals surface area contributed by atoms with Gasteiger partial charge in [0.15, 0.2) is 6.61 Å². The van der Waals surface area contributed by atoms with E-state index in [4.69, 9.17) is 27.9 Å². The molecule has 1 aliphatic carbocycles. The Kier molecular flexibility index (Phi) is 6.15. The number of ether oxygens (including phenoxy) is 1. The van der Waals surface area contributed by atoms with Gasteiger partial charge >= 0.3 is 0 Å². The Hall–Kier alpha value is -0.970. The minimum atomic E-state index is -0.471. The Balaban J connectivity index is 1.82. The third kappa shape index (κ3) is 5.06. The van der Waals surface area contributed by atoms with E-state index in [2.05, 4.69) is 5.32 Å². The van der Waals surface area contributed by atoms with Gasteiger partial charge in [-0.05, 0) is 25.0 Å². The lowest BCUT2D eigenvalue weighted by Gasteiger charge is -2.21. The number of nitrogens with one attached hydrogen (secondary N) is 1. The van der Waals surface area contributed by atoms with Gasteiger partial charge in [0.1, 0.15) is 5.75 Å². The molecule has 116 valence electrons. The van der Waals surface area contributed by atoms with E-state index in [0.29, 0.717) is 15.8 Å². The molecule has 0 bridgehead atoms. The third-order valence-electron chi connectivity index (χ3n) is 3.59. The van der Waals surface area contributed by atoms with Crippen LogP contribution >= 0.6 is 23.2 Å². The zero-order chi connectivity index (χ0) is 15.2. The van der Waals surface area contributed by atoms with Gasteiger partial charge in [0, 0.05) is 6.07 Å². The zero-order valence-electron chi connectivity index (χ0n) is 11.6. The fraction of sp³-hybridized carbons (Fsp3) is 0.533. The average molecular weight is 332 g/mol. The molecule has 4 nitrogen and oxygen atoms in total. The monoisotopic (exact) mass is 331 g/mol. The first kappa shape index (κ1) is 16.4. The van der Waals surface area contributed by atoms with Crippen molar-refractivity contribution >= 4 is 29.1 Å². The van der Waals surface area contributed by atoms with E-state index >= 15 is 0 Å². The highest BCUT2D eigenvalue weighted by Crippen LogP contribution is 2.26. The van der Waals surface area contributed by atoms with Crippen molar-refractivity contribution in [3.63, 3.8) is 0 Å². The second kappa shape index (κ2) is 7.87. The summed E-state index contributed by atoms with van der Waals surface area (Å²) in [6.45, 7) is -0.110. The smallest absolute Gasteiger partial charge is 0.258 e. The van der Waals surface area contributed by atoms with Crippen LogP contribution in [0.25, 0.3) is 0 Å². The van der Waals surface area contributed by atoms with Crippen LogP contribution in [0.15, 0.2) is 18.2 Å². The molecule has 0 radical (unpaired) electrons. The molecule has 1 amide bonds. The number of carbonyl (C=O) groups excluding carboxylic acids is 1. The van der Waals surface area contributed by atoms with Gasteiger partial charge in [0.25, 0.3) is 5.91 Å². The Morgan fingerprint density at radius 3 is 2.76 bits per heavy atom. The highest BCUT2D eigenvalue weighted by atomic mass is 35.5. The molecule has 1 aromatic rings. The standard InChI is InChI=1S/C15H19Cl2NO3/c16-11-7-6-10(8-12(11)17)21-9-15(20)18-13-4-2-1-3-5-14(13)19/h6-8,13-14,19H,1-5,9H2,(H,18,20). The van der Waals surface area contributed by atoms with E-state index < -0.39 is 6.10 Å². The van der Waals surface area contributed by atoms with Gasteiger partial charge in [-0.3, -0.25) is 4.79 Å². The molecule has 2 N–H and O–H groups in total. The maximum absolute atomic E-state index is 11.9. The lowest BCUT2D eigenvalue weighted by molar-refractivity contribution is -0.124. The molecule has 21 heavy (non-hydrogen) atoms. The molecular weight excluding hydrogens is 313 g/mol. The molecule has 0 aliphatic heterocycles. The van der Waals surface area contributed by atoms with Crippen LogP contribution in [0.3, 0.4) is 0 Å². The Morgan fingerprint density at radius 2 is 2.00 bits per heavy atom. The van der Waals surface area contributed by atoms with Crippen LogP contribution in [0.1, 0.15) is 32.1 Å². The maximum Gasteiger partial charge on any atom is 0.258 e. The Labute approximate surface area is 134 Å². The molecule has 1 aliphatic rings. The number of hydrogen-bond acceptors (Lipinski definition) is 3. The van der Waals surface area contributed by atoms with Gasteiger partial charge in [-0.1, -0.05) is 42.5 Å². The molecule has 0 heterocycles. The number of benzene rings is 1. The topological polar surface area (TPSA) is 58.6 Å². The predicted molar refractivity (Wildman–Crippen MR) is 83.0 cm³/mol. The van der Waals surface area contributed by atoms with E-state index in [0.717, 1.165) is 32.1 Å². The van der Waals surface area contributed by atoms with Crippen molar-refractivity contribution in [3.8, 4) is 5.75 Å². The summed E-state index contributed by atoms with van der Waals surface area (Å²) in [5, 5.41) is 13.6. The van der Waals surface area contributed by atoms with Crippen molar-refractivity contribution in [2.45, 2.75) is 44.2 Å². The molecule has 1 aromatic carbocycles. The van der Waals surface area contributed by atoms with Gasteiger partial charge in [-0.2, -0.15) is 0 Å². The summed E-state index contributed by atoms with van der Waals surface area (Å²) in [7, 11) is 0. The lowest BCUT2D eigenvalue weighted by atomic mass is 10.1. The first-order valence-electron chi connectivity index (χ1n) is 7.11. The maximum atomic E-state index is 11.9. The molecule has 6 heteroatoms. The number of halogens is 2. The average Bonchev–Trinajstić information content (AvgIpc) is 2.65. The summed E-state index contributed by atoms with van der Waals surface area (Å²) >= 11 is 11.7. The summed E-state index contributed by atoms with van der Waals surface area (Å²) < 4.78 is 5.37. The molecule has 1 fully saturated rings. The SMILES string of the molecule is O=C(COc1ccc(Cl)c(Cl)c1)NC1CCCCCC1O. The minimum absolute atomic E-state index is 0.110. The summed E-state index contributed by atoms with van der Waals surface area (Å²) in [6, 6.07) is 4.66. The fourth-order valence-electron chi connectivity index (χ4n) is 2.42. The van der Waals surface area contributed by atoms with Crippen LogP contribution in [-0.2, 0) is 4.79 Å². The molecule has 2 unspecified atom stereocenters. The normalized spacial score (nSPS) is 22.4. The van der Waals surface area contributed by atoms with Crippen molar-refractivity contribution in [2.75, 3.05) is 6.61 Å². The van der Waals surface area contributed by atoms with Crippen LogP contribution in [0.5, 0.6) is 5.75 Å². The minimum Gasteiger partial charge on any atom is -0.484 e. The molecule has 2 rings (SSSR count). The summed E-state index contributed by atoms with van der Waals surface area (Å²) in [5.74, 6) is 0.244. The van der Waals surface area contributed by atoms with E-state index in [-0.39, 0.29) is 18.6 Å². The van der Waals surface area contributed by atoms with Crippen LogP contribution in [0.2, 0.25) is 10.0 Å². The Morgan fingerprint density at radius 1 is 1.24 bits per heavy atom. The highest BCUT2D eigenvalue weighted by molar-refractivity contribution is 6.42. The third-order valence-corrected chi connectivity index (χ3v) is 4.33. The molecule has 0 saturated heterocycles. The zero-order valence-corrected chi connectivity index (χ0v) is 13.2. The first-order valence-corrected chi connectivity index (χ1v) is 7.87. The molecule has 1 saturated carbocycles. The van der Waals surface area contributed by atoms with Crippen molar-refractivity contribution in [1.82, 2.24) is 5.32 Å². The number of aliphatic hydroxyl groups excluding tert-OH is 1. The number of hydrogen-bond donors (Lipinski definition) is 2. The van der Waals surface area contributed by atoms with E-state index in [1.54, 1.807) is 18.2 Å². The summed E-state index contributed by atoms with van der Waals surface area (Å²) in [5.41, 5.74) is 0. The van der Waals surface area contributed by atoms with Crippen LogP contribution < -0.4 is 10.1 Å². The van der Waals surface area contributed by atoms with Crippen LogP contribution in [0, 0.1) is 0 Å². The van der Waals surface area contributed by atoms with Gasteiger partial charge in [-0.15, -0.1) is 0 Å². The molecule has 0 spiro atoms. The van der Waals surface area contributed by atoms with Crippen molar-refractivity contribution < 1.29 is 14.6 Å². The van der Waals surface area contributed by atoms with E-state index in [9.17, 15) is 9.90 Å². The quantitative estimate of drug-likeness (QED) is 0.833. The Bertz CT molecular complexity index is 496. The van der Waals surface area contributed by atoms with E-state index in [1.807, 2.05) is 0 Å². The van der Waals surface area contributed by atoms with Crippen molar-refractivity contribution in [2.24, 2.45) is 0 Å². The summed E-state index contributed by atoms with van der Waals surface area (Å²) in [6.07, 6.45) is 4.20. The van der Waals surface area contributed by atoms with Crippen molar-refractivity contribution in [3.05, 3.63) is 28.2 Å². The second-order valence-corrected chi connectivity index (χ2v) is 6.06. The predicted octanol–water partition coefficient (Wildman–Crippen LogP) is 3.18. The largest absolute Gasteiger partial charge is 0.484 e. The molecular formula is C15H19Cl2NO3. The number of rotatable bonds is 4. The number of aliphatic hydroxyl groups is 1.